The SMILES string of the molecule is CN(CCS(C)(=O)=O)CC(N)CCc1ccccc1. The number of nitrogens with zero attached hydrogens (tertiary/aromatic N) is 1. The maximum Gasteiger partial charge on any atom is 0.148 e. The molecule has 108 valence electrons. The third-order valence-electron chi connectivity index (χ3n) is 3.04. The fraction of sp³-hybridized carbons (Fsp3) is 0.571. The van der Waals surface area contributed by atoms with Crippen molar-refractivity contribution in [3.63, 3.8) is 0 Å². The maximum atomic E-state index is 11.1. The highest BCUT2D eigenvalue weighted by molar-refractivity contribution is 7.90. The van der Waals surface area contributed by atoms with E-state index in [9.17, 15) is 8.42 Å². The first kappa shape index (κ1) is 16.1. The molecule has 1 rings (SSSR count). The molecule has 0 fully saturated rings. The number of hydrogen-bond donors (Lipinski definition) is 1. The van der Waals surface area contributed by atoms with Crippen molar-refractivity contribution < 1.29 is 8.42 Å². The topological polar surface area (TPSA) is 63.4 Å². The summed E-state index contributed by atoms with van der Waals surface area (Å²) in [7, 11) is -0.982. The Balaban J connectivity index is 2.25. The molecule has 0 spiro atoms. The zero-order valence-corrected chi connectivity index (χ0v) is 12.6. The van der Waals surface area contributed by atoms with Gasteiger partial charge >= 0.3 is 0 Å². The predicted molar refractivity (Wildman–Crippen MR) is 79.9 cm³/mol. The van der Waals surface area contributed by atoms with Crippen LogP contribution in [-0.4, -0.2) is 51.5 Å². The third kappa shape index (κ3) is 7.97. The molecular weight excluding hydrogens is 260 g/mol. The minimum atomic E-state index is -2.89. The molecule has 1 aromatic carbocycles. The lowest BCUT2D eigenvalue weighted by atomic mass is 10.1. The predicted octanol–water partition coefficient (Wildman–Crippen LogP) is 0.923. The largest absolute Gasteiger partial charge is 0.327 e. The molecule has 0 heterocycles. The van der Waals surface area contributed by atoms with Crippen molar-refractivity contribution in [3.8, 4) is 0 Å². The van der Waals surface area contributed by atoms with E-state index >= 15 is 0 Å². The monoisotopic (exact) mass is 284 g/mol. The molecule has 1 atom stereocenters. The van der Waals surface area contributed by atoms with Gasteiger partial charge in [-0.05, 0) is 25.5 Å². The van der Waals surface area contributed by atoms with Crippen molar-refractivity contribution in [2.45, 2.75) is 18.9 Å². The van der Waals surface area contributed by atoms with E-state index in [1.807, 2.05) is 30.1 Å². The van der Waals surface area contributed by atoms with E-state index in [2.05, 4.69) is 12.1 Å². The Morgan fingerprint density at radius 1 is 1.26 bits per heavy atom. The van der Waals surface area contributed by atoms with Gasteiger partial charge in [-0.15, -0.1) is 0 Å². The normalized spacial score (nSPS) is 13.7. The lowest BCUT2D eigenvalue weighted by molar-refractivity contribution is 0.320. The lowest BCUT2D eigenvalue weighted by Gasteiger charge is -2.20. The summed E-state index contributed by atoms with van der Waals surface area (Å²) in [6.45, 7) is 1.26. The van der Waals surface area contributed by atoms with Crippen molar-refractivity contribution in [3.05, 3.63) is 35.9 Å². The molecule has 0 radical (unpaired) electrons. The van der Waals surface area contributed by atoms with E-state index in [1.165, 1.54) is 11.8 Å². The second-order valence-corrected chi connectivity index (χ2v) is 7.44. The number of sulfone groups is 1. The lowest BCUT2D eigenvalue weighted by Crippen LogP contribution is -2.37. The standard InChI is InChI=1S/C14H24N2O2S/c1-16(10-11-19(2,17)18)12-14(15)9-8-13-6-4-3-5-7-13/h3-7,14H,8-12,15H2,1-2H3. The van der Waals surface area contributed by atoms with Crippen LogP contribution in [0.2, 0.25) is 0 Å². The number of likely N-dealkylation sites (N-methyl/N-ethyl adjacent to an activating group) is 1. The molecule has 0 aromatic heterocycles. The molecule has 0 aliphatic carbocycles. The molecule has 1 unspecified atom stereocenters. The Hall–Kier alpha value is -0.910. The maximum absolute atomic E-state index is 11.1. The Morgan fingerprint density at radius 2 is 1.89 bits per heavy atom. The van der Waals surface area contributed by atoms with Crippen molar-refractivity contribution in [2.24, 2.45) is 5.73 Å². The van der Waals surface area contributed by atoms with Crippen LogP contribution in [0.15, 0.2) is 30.3 Å². The first-order chi connectivity index (χ1) is 8.87. The number of aryl methyl sites for hydroxylation is 1. The second kappa shape index (κ2) is 7.62. The van der Waals surface area contributed by atoms with Gasteiger partial charge in [0.15, 0.2) is 0 Å². The molecule has 0 saturated carbocycles. The molecule has 0 bridgehead atoms. The van der Waals surface area contributed by atoms with Crippen LogP contribution in [-0.2, 0) is 16.3 Å². The minimum absolute atomic E-state index is 0.0739. The van der Waals surface area contributed by atoms with Crippen LogP contribution in [0.4, 0.5) is 0 Å². The molecule has 0 aliphatic heterocycles. The van der Waals surface area contributed by atoms with E-state index < -0.39 is 9.84 Å². The van der Waals surface area contributed by atoms with Gasteiger partial charge in [-0.25, -0.2) is 8.42 Å². The summed E-state index contributed by atoms with van der Waals surface area (Å²) in [4.78, 5) is 1.98. The number of rotatable bonds is 8. The van der Waals surface area contributed by atoms with E-state index in [0.29, 0.717) is 6.54 Å². The van der Waals surface area contributed by atoms with Gasteiger partial charge in [0.25, 0.3) is 0 Å². The molecule has 5 heteroatoms. The van der Waals surface area contributed by atoms with Gasteiger partial charge in [-0.3, -0.25) is 0 Å². The molecular formula is C14H24N2O2S. The molecule has 0 aliphatic rings. The summed E-state index contributed by atoms with van der Waals surface area (Å²) < 4.78 is 22.1. The second-order valence-electron chi connectivity index (χ2n) is 5.18. The van der Waals surface area contributed by atoms with Gasteiger partial charge in [0.2, 0.25) is 0 Å². The fourth-order valence-electron chi connectivity index (χ4n) is 1.90. The zero-order valence-electron chi connectivity index (χ0n) is 11.7. The summed E-state index contributed by atoms with van der Waals surface area (Å²) in [6, 6.07) is 10.3. The van der Waals surface area contributed by atoms with Crippen LogP contribution in [0.5, 0.6) is 0 Å². The van der Waals surface area contributed by atoms with Crippen LogP contribution >= 0.6 is 0 Å². The Labute approximate surface area is 116 Å². The summed E-state index contributed by atoms with van der Waals surface area (Å²) in [5.41, 5.74) is 7.36. The smallest absolute Gasteiger partial charge is 0.148 e. The van der Waals surface area contributed by atoms with Crippen LogP contribution in [0, 0.1) is 0 Å². The Bertz CT molecular complexity index is 460. The fourth-order valence-corrected chi connectivity index (χ4v) is 2.54. The highest BCUT2D eigenvalue weighted by atomic mass is 32.2. The van der Waals surface area contributed by atoms with Crippen molar-refractivity contribution >= 4 is 9.84 Å². The number of benzene rings is 1. The van der Waals surface area contributed by atoms with Crippen molar-refractivity contribution in [2.75, 3.05) is 32.1 Å². The third-order valence-corrected chi connectivity index (χ3v) is 3.96. The highest BCUT2D eigenvalue weighted by Gasteiger charge is 2.09. The zero-order chi connectivity index (χ0) is 14.3. The first-order valence-corrected chi connectivity index (χ1v) is 8.58. The minimum Gasteiger partial charge on any atom is -0.327 e. The van der Waals surface area contributed by atoms with Crippen molar-refractivity contribution in [1.29, 1.82) is 0 Å². The summed E-state index contributed by atoms with van der Waals surface area (Å²) in [5.74, 6) is 0.189. The Kier molecular flexibility index (Phi) is 6.48. The molecule has 2 N–H and O–H groups in total. The summed E-state index contributed by atoms with van der Waals surface area (Å²) in [6.07, 6.45) is 3.13. The van der Waals surface area contributed by atoms with Gasteiger partial charge in [0.1, 0.15) is 9.84 Å². The van der Waals surface area contributed by atoms with E-state index in [-0.39, 0.29) is 11.8 Å². The quantitative estimate of drug-likeness (QED) is 0.771. The molecule has 1 aromatic rings. The Morgan fingerprint density at radius 3 is 2.47 bits per heavy atom. The highest BCUT2D eigenvalue weighted by Crippen LogP contribution is 2.04. The van der Waals surface area contributed by atoms with E-state index in [1.54, 1.807) is 0 Å². The van der Waals surface area contributed by atoms with Crippen LogP contribution in [0.25, 0.3) is 0 Å². The molecule has 0 saturated heterocycles. The van der Waals surface area contributed by atoms with Crippen LogP contribution in [0.3, 0.4) is 0 Å². The van der Waals surface area contributed by atoms with Gasteiger partial charge < -0.3 is 10.6 Å². The first-order valence-electron chi connectivity index (χ1n) is 6.52. The summed E-state index contributed by atoms with van der Waals surface area (Å²) in [5, 5.41) is 0. The molecule has 4 nitrogen and oxygen atoms in total. The van der Waals surface area contributed by atoms with E-state index in [4.69, 9.17) is 5.73 Å². The van der Waals surface area contributed by atoms with Crippen LogP contribution < -0.4 is 5.73 Å². The van der Waals surface area contributed by atoms with Gasteiger partial charge in [-0.1, -0.05) is 30.3 Å². The number of hydrogen-bond acceptors (Lipinski definition) is 4. The average molecular weight is 284 g/mol. The molecule has 0 amide bonds. The van der Waals surface area contributed by atoms with E-state index in [0.717, 1.165) is 19.4 Å². The van der Waals surface area contributed by atoms with Gasteiger partial charge in [0, 0.05) is 25.4 Å². The van der Waals surface area contributed by atoms with Crippen molar-refractivity contribution in [1.82, 2.24) is 4.90 Å². The van der Waals surface area contributed by atoms with Crippen LogP contribution in [0.1, 0.15) is 12.0 Å². The number of nitrogens with two attached hydrogens (primary N) is 1. The summed E-state index contributed by atoms with van der Waals surface area (Å²) >= 11 is 0. The molecule has 19 heavy (non-hydrogen) atoms. The van der Waals surface area contributed by atoms with Gasteiger partial charge in [-0.2, -0.15) is 0 Å². The average Bonchev–Trinajstić information content (AvgIpc) is 2.34. The van der Waals surface area contributed by atoms with Gasteiger partial charge in [0.05, 0.1) is 5.75 Å².